The number of nitrogens with one attached hydrogen (secondary N) is 2. The second-order valence-electron chi connectivity index (χ2n) is 19.8. The van der Waals surface area contributed by atoms with Crippen molar-refractivity contribution in [1.29, 1.82) is 0 Å². The van der Waals surface area contributed by atoms with Gasteiger partial charge in [0.25, 0.3) is 0 Å². The van der Waals surface area contributed by atoms with Crippen molar-refractivity contribution in [3.8, 4) is 5.00 Å². The van der Waals surface area contributed by atoms with Crippen molar-refractivity contribution in [3.05, 3.63) is 162 Å². The Morgan fingerprint density at radius 2 is 1.33 bits per heavy atom. The average Bonchev–Trinajstić information content (AvgIpc) is 4.15. The fraction of sp³-hybridized carbons (Fsp3) is 0.424. The zero-order chi connectivity index (χ0) is 55.1. The van der Waals surface area contributed by atoms with Crippen molar-refractivity contribution in [3.63, 3.8) is 0 Å². The van der Waals surface area contributed by atoms with Crippen molar-refractivity contribution in [2.75, 3.05) is 118 Å². The summed E-state index contributed by atoms with van der Waals surface area (Å²) in [7, 11) is 2.12. The SMILES string of the molecule is Cc1sc2c(c1C)C(c1ccc(Cl)cc1)=NC(CC(=O)NCCOCCOCCOCCOCCN(C)CCCNc1nc(CN3CCN(C(c4ccc(Cl)cc4)c4ccc(Cl)cc4)CC3)nc3ccccc13)c1nnc(C)n1-2. The number of piperazine rings is 1. The van der Waals surface area contributed by atoms with Crippen LogP contribution in [0.25, 0.3) is 15.9 Å². The standard InChI is InChI=1S/C59H70Cl3N11O5S/c1-40-41(2)79-59-54(40)55(43-10-16-46(60)17-11-43)66-51(58-69-68-42(3)73(58)59)38-53(74)63-23-30-75-32-34-77-36-37-78-35-33-76-31-29-70(4)24-7-22-64-57-49-8-5-6-9-50(49)65-52(67-57)39-71-25-27-72(28-26-71)56(44-12-18-47(61)19-13-44)45-14-20-48(62)21-15-45/h5-6,8-21,51,56H,7,22-39H2,1-4H3,(H,63,74)(H,64,65,67). The van der Waals surface area contributed by atoms with Crippen molar-refractivity contribution in [2.24, 2.45) is 4.99 Å². The summed E-state index contributed by atoms with van der Waals surface area (Å²) in [6, 6.07) is 31.8. The van der Waals surface area contributed by atoms with E-state index in [0.29, 0.717) is 76.8 Å². The Balaban J connectivity index is 0.606. The van der Waals surface area contributed by atoms with E-state index in [1.807, 2.05) is 72.2 Å². The predicted octanol–water partition coefficient (Wildman–Crippen LogP) is 9.96. The monoisotopic (exact) mass is 1150 g/mol. The Morgan fingerprint density at radius 1 is 0.722 bits per heavy atom. The molecule has 0 saturated carbocycles. The molecule has 3 aromatic heterocycles. The van der Waals surface area contributed by atoms with Gasteiger partial charge < -0.3 is 34.5 Å². The van der Waals surface area contributed by atoms with Gasteiger partial charge in [-0.2, -0.15) is 0 Å². The van der Waals surface area contributed by atoms with E-state index in [9.17, 15) is 4.79 Å². The Kier molecular flexibility index (Phi) is 21.3. The lowest BCUT2D eigenvalue weighted by Gasteiger charge is -2.39. The number of hydrogen-bond donors (Lipinski definition) is 2. The number of para-hydroxylation sites is 1. The number of aromatic nitrogens is 5. The summed E-state index contributed by atoms with van der Waals surface area (Å²) in [6.45, 7) is 17.0. The molecule has 9 rings (SSSR count). The van der Waals surface area contributed by atoms with E-state index in [-0.39, 0.29) is 18.4 Å². The number of halogens is 3. The van der Waals surface area contributed by atoms with Gasteiger partial charge in [-0.15, -0.1) is 21.5 Å². The summed E-state index contributed by atoms with van der Waals surface area (Å²) in [4.78, 5) is 37.0. The van der Waals surface area contributed by atoms with Crippen LogP contribution >= 0.6 is 46.1 Å². The molecule has 0 spiro atoms. The van der Waals surface area contributed by atoms with Crippen LogP contribution in [0.4, 0.5) is 5.82 Å². The first-order chi connectivity index (χ1) is 38.5. The molecular formula is C59H70Cl3N11O5S. The molecule has 2 aliphatic heterocycles. The third-order valence-electron chi connectivity index (χ3n) is 14.2. The number of fused-ring (bicyclic) bond motifs is 4. The Morgan fingerprint density at radius 3 is 1.99 bits per heavy atom. The number of anilines is 1. The molecule has 20 heteroatoms. The molecule has 1 saturated heterocycles. The zero-order valence-corrected chi connectivity index (χ0v) is 48.5. The molecule has 0 bridgehead atoms. The minimum Gasteiger partial charge on any atom is -0.378 e. The van der Waals surface area contributed by atoms with Crippen molar-refractivity contribution >= 4 is 74.5 Å². The van der Waals surface area contributed by atoms with Crippen LogP contribution in [0.5, 0.6) is 0 Å². The number of carbonyl (C=O) groups is 1. The van der Waals surface area contributed by atoms with Crippen LogP contribution in [0.3, 0.4) is 0 Å². The topological polar surface area (TPSA) is 157 Å². The minimum absolute atomic E-state index is 0.107. The summed E-state index contributed by atoms with van der Waals surface area (Å²) in [5.74, 6) is 2.94. The number of amides is 1. The first-order valence-electron chi connectivity index (χ1n) is 27.1. The highest BCUT2D eigenvalue weighted by atomic mass is 35.5. The van der Waals surface area contributed by atoms with E-state index in [1.165, 1.54) is 16.0 Å². The molecule has 418 valence electrons. The molecule has 0 aliphatic carbocycles. The summed E-state index contributed by atoms with van der Waals surface area (Å²) in [5, 5.41) is 19.6. The van der Waals surface area contributed by atoms with Crippen LogP contribution in [0.15, 0.2) is 102 Å². The lowest BCUT2D eigenvalue weighted by atomic mass is 9.96. The van der Waals surface area contributed by atoms with E-state index < -0.39 is 6.04 Å². The third-order valence-corrected chi connectivity index (χ3v) is 16.2. The van der Waals surface area contributed by atoms with E-state index in [1.54, 1.807) is 11.3 Å². The number of hydrogen-bond acceptors (Lipinski definition) is 15. The van der Waals surface area contributed by atoms with Gasteiger partial charge in [-0.25, -0.2) is 9.97 Å². The number of ether oxygens (including phenoxy) is 4. The molecule has 16 nitrogen and oxygen atoms in total. The van der Waals surface area contributed by atoms with Crippen LogP contribution in [0, 0.1) is 20.8 Å². The number of aryl methyl sites for hydroxylation is 2. The molecule has 1 fully saturated rings. The number of nitrogens with zero attached hydrogens (tertiary/aromatic N) is 9. The van der Waals surface area contributed by atoms with Gasteiger partial charge in [0.15, 0.2) is 5.82 Å². The number of rotatable bonds is 28. The second-order valence-corrected chi connectivity index (χ2v) is 22.3. The molecule has 5 heterocycles. The first-order valence-corrected chi connectivity index (χ1v) is 29.0. The summed E-state index contributed by atoms with van der Waals surface area (Å²) in [5.41, 5.74) is 7.28. The summed E-state index contributed by atoms with van der Waals surface area (Å²) >= 11 is 20.5. The van der Waals surface area contributed by atoms with Crippen LogP contribution in [0.2, 0.25) is 15.1 Å². The van der Waals surface area contributed by atoms with Gasteiger partial charge in [0.1, 0.15) is 28.5 Å². The van der Waals surface area contributed by atoms with Gasteiger partial charge in [0, 0.05) is 82.3 Å². The number of likely N-dealkylation sites (N-methyl/N-ethyl adjacent to an activating group) is 1. The summed E-state index contributed by atoms with van der Waals surface area (Å²) in [6.07, 6.45) is 1.06. The fourth-order valence-corrected chi connectivity index (χ4v) is 11.5. The molecule has 79 heavy (non-hydrogen) atoms. The Bertz CT molecular complexity index is 3070. The number of aliphatic imine (C=N–C) groups is 1. The predicted molar refractivity (Wildman–Crippen MR) is 316 cm³/mol. The number of benzene rings is 4. The molecule has 1 atom stereocenters. The molecular weight excluding hydrogens is 1080 g/mol. The highest BCUT2D eigenvalue weighted by Crippen LogP contribution is 2.40. The van der Waals surface area contributed by atoms with Gasteiger partial charge in [-0.3, -0.25) is 24.2 Å². The van der Waals surface area contributed by atoms with Crippen molar-refractivity contribution in [1.82, 2.24) is 44.7 Å². The summed E-state index contributed by atoms with van der Waals surface area (Å²) < 4.78 is 25.0. The first kappa shape index (κ1) is 58.3. The lowest BCUT2D eigenvalue weighted by molar-refractivity contribution is -0.121. The maximum Gasteiger partial charge on any atom is 0.222 e. The number of thiophene rings is 1. The van der Waals surface area contributed by atoms with Gasteiger partial charge in [0.05, 0.1) is 83.1 Å². The number of carbonyl (C=O) groups excluding carboxylic acids is 1. The maximum atomic E-state index is 13.3. The molecule has 2 N–H and O–H groups in total. The highest BCUT2D eigenvalue weighted by molar-refractivity contribution is 7.15. The van der Waals surface area contributed by atoms with E-state index in [4.69, 9.17) is 68.7 Å². The molecule has 2 aliphatic rings. The van der Waals surface area contributed by atoms with Crippen molar-refractivity contribution in [2.45, 2.75) is 52.2 Å². The maximum absolute atomic E-state index is 13.3. The van der Waals surface area contributed by atoms with E-state index >= 15 is 0 Å². The Labute approximate surface area is 482 Å². The second kappa shape index (κ2) is 28.8. The minimum atomic E-state index is -0.536. The molecule has 0 radical (unpaired) electrons. The van der Waals surface area contributed by atoms with Crippen LogP contribution in [0.1, 0.15) is 75.1 Å². The van der Waals surface area contributed by atoms with Crippen LogP contribution < -0.4 is 10.6 Å². The van der Waals surface area contributed by atoms with Gasteiger partial charge in [-0.1, -0.05) is 83.3 Å². The van der Waals surface area contributed by atoms with Crippen LogP contribution in [-0.2, 0) is 30.3 Å². The van der Waals surface area contributed by atoms with Gasteiger partial charge in [0.2, 0.25) is 5.91 Å². The molecule has 7 aromatic rings. The van der Waals surface area contributed by atoms with Gasteiger partial charge >= 0.3 is 0 Å². The normalized spacial score (nSPS) is 14.9. The molecule has 4 aromatic carbocycles. The van der Waals surface area contributed by atoms with E-state index in [0.717, 1.165) is 118 Å². The zero-order valence-electron chi connectivity index (χ0n) is 45.4. The smallest absolute Gasteiger partial charge is 0.222 e. The van der Waals surface area contributed by atoms with E-state index in [2.05, 4.69) is 92.8 Å². The molecule has 1 amide bonds. The third kappa shape index (κ3) is 15.7. The quantitative estimate of drug-likeness (QED) is 0.0448. The fourth-order valence-electron chi connectivity index (χ4n) is 9.91. The van der Waals surface area contributed by atoms with Crippen LogP contribution in [-0.4, -0.2) is 163 Å². The van der Waals surface area contributed by atoms with Crippen molar-refractivity contribution < 1.29 is 23.7 Å². The lowest BCUT2D eigenvalue weighted by Crippen LogP contribution is -2.47. The molecule has 1 unspecified atom stereocenters. The largest absolute Gasteiger partial charge is 0.378 e. The van der Waals surface area contributed by atoms with Gasteiger partial charge in [-0.05, 0) is 106 Å². The average molecular weight is 1150 g/mol. The highest BCUT2D eigenvalue weighted by Gasteiger charge is 2.33. The Hall–Kier alpha value is -5.41.